The van der Waals surface area contributed by atoms with Crippen LogP contribution in [0.5, 0.6) is 0 Å². The number of pyridine rings is 1. The molecule has 1 atom stereocenters. The van der Waals surface area contributed by atoms with Crippen LogP contribution in [0, 0.1) is 0 Å². The number of hydrogen-bond donors (Lipinski definition) is 1. The molecule has 3 aromatic heterocycles. The second-order valence-corrected chi connectivity index (χ2v) is 6.37. The summed E-state index contributed by atoms with van der Waals surface area (Å²) < 4.78 is 1.56. The smallest absolute Gasteiger partial charge is 0.254 e. The first-order valence-electron chi connectivity index (χ1n) is 8.70. The Labute approximate surface area is 150 Å². The fraction of sp³-hybridized carbons (Fsp3) is 0.211. The Morgan fingerprint density at radius 2 is 2.04 bits per heavy atom. The Morgan fingerprint density at radius 3 is 2.96 bits per heavy atom. The molecule has 7 heteroatoms. The van der Waals surface area contributed by atoms with Gasteiger partial charge in [-0.1, -0.05) is 24.3 Å². The SMILES string of the molecule is c1ccc2c(c1)CCCC2Nc1nc(-n2cncn2)nc2cccnc12. The van der Waals surface area contributed by atoms with E-state index in [9.17, 15) is 0 Å². The topological polar surface area (TPSA) is 81.4 Å². The number of nitrogens with zero attached hydrogens (tertiary/aromatic N) is 6. The number of nitrogens with one attached hydrogen (secondary N) is 1. The molecule has 0 spiro atoms. The van der Waals surface area contributed by atoms with E-state index in [0.717, 1.165) is 36.1 Å². The molecule has 1 aromatic carbocycles. The van der Waals surface area contributed by atoms with Crippen molar-refractivity contribution in [2.75, 3.05) is 5.32 Å². The molecule has 0 saturated heterocycles. The van der Waals surface area contributed by atoms with Crippen LogP contribution in [0.2, 0.25) is 0 Å². The van der Waals surface area contributed by atoms with E-state index in [1.54, 1.807) is 17.2 Å². The van der Waals surface area contributed by atoms with Gasteiger partial charge < -0.3 is 5.32 Å². The standard InChI is InChI=1S/C19H17N7/c1-2-7-14-13(5-1)6-3-8-15(14)23-18-17-16(9-4-10-21-17)24-19(25-18)26-12-20-11-22-26/h1-2,4-5,7,9-12,15H,3,6,8H2,(H,23,24,25). The van der Waals surface area contributed by atoms with Crippen LogP contribution < -0.4 is 5.32 Å². The molecular weight excluding hydrogens is 326 g/mol. The van der Waals surface area contributed by atoms with Gasteiger partial charge in [-0.05, 0) is 42.5 Å². The zero-order chi connectivity index (χ0) is 17.3. The van der Waals surface area contributed by atoms with Crippen LogP contribution >= 0.6 is 0 Å². The van der Waals surface area contributed by atoms with Crippen molar-refractivity contribution in [1.29, 1.82) is 0 Å². The van der Waals surface area contributed by atoms with Crippen molar-refractivity contribution in [2.45, 2.75) is 25.3 Å². The van der Waals surface area contributed by atoms with Gasteiger partial charge in [-0.25, -0.2) is 9.97 Å². The largest absolute Gasteiger partial charge is 0.361 e. The summed E-state index contributed by atoms with van der Waals surface area (Å²) in [4.78, 5) is 17.7. The van der Waals surface area contributed by atoms with Gasteiger partial charge in [0.1, 0.15) is 18.2 Å². The number of fused-ring (bicyclic) bond motifs is 2. The Kier molecular flexibility index (Phi) is 3.55. The van der Waals surface area contributed by atoms with Gasteiger partial charge in [-0.2, -0.15) is 14.8 Å². The lowest BCUT2D eigenvalue weighted by molar-refractivity contribution is 0.598. The highest BCUT2D eigenvalue weighted by Gasteiger charge is 2.21. The Bertz CT molecular complexity index is 1060. The summed E-state index contributed by atoms with van der Waals surface area (Å²) in [5.74, 6) is 1.21. The molecule has 0 amide bonds. The fourth-order valence-corrected chi connectivity index (χ4v) is 3.54. The van der Waals surface area contributed by atoms with E-state index >= 15 is 0 Å². The van der Waals surface area contributed by atoms with Crippen LogP contribution in [-0.4, -0.2) is 29.7 Å². The zero-order valence-electron chi connectivity index (χ0n) is 14.1. The molecule has 0 fully saturated rings. The van der Waals surface area contributed by atoms with Crippen molar-refractivity contribution < 1.29 is 0 Å². The Morgan fingerprint density at radius 1 is 1.08 bits per heavy atom. The van der Waals surface area contributed by atoms with Crippen molar-refractivity contribution >= 4 is 16.9 Å². The van der Waals surface area contributed by atoms with Crippen molar-refractivity contribution in [3.63, 3.8) is 0 Å². The maximum atomic E-state index is 4.69. The minimum Gasteiger partial charge on any atom is -0.361 e. The van der Waals surface area contributed by atoms with Crippen LogP contribution in [0.15, 0.2) is 55.2 Å². The molecule has 1 unspecified atom stereocenters. The molecule has 3 heterocycles. The molecular formula is C19H17N7. The Hall–Kier alpha value is -3.35. The zero-order valence-corrected chi connectivity index (χ0v) is 14.1. The number of benzene rings is 1. The van der Waals surface area contributed by atoms with E-state index < -0.39 is 0 Å². The lowest BCUT2D eigenvalue weighted by Gasteiger charge is -2.27. The number of rotatable bonds is 3. The molecule has 128 valence electrons. The van der Waals surface area contributed by atoms with Gasteiger partial charge in [-0.15, -0.1) is 0 Å². The number of hydrogen-bond acceptors (Lipinski definition) is 6. The number of aryl methyl sites for hydroxylation is 1. The van der Waals surface area contributed by atoms with Crippen LogP contribution in [0.4, 0.5) is 5.82 Å². The number of anilines is 1. The van der Waals surface area contributed by atoms with E-state index in [-0.39, 0.29) is 6.04 Å². The predicted molar refractivity (Wildman–Crippen MR) is 98.0 cm³/mol. The third-order valence-corrected chi connectivity index (χ3v) is 4.75. The summed E-state index contributed by atoms with van der Waals surface area (Å²) in [5.41, 5.74) is 4.28. The number of aromatic nitrogens is 6. The minimum atomic E-state index is 0.212. The van der Waals surface area contributed by atoms with Crippen molar-refractivity contribution in [2.24, 2.45) is 0 Å². The Balaban J connectivity index is 1.61. The lowest BCUT2D eigenvalue weighted by Crippen LogP contribution is -2.19. The third-order valence-electron chi connectivity index (χ3n) is 4.75. The van der Waals surface area contributed by atoms with E-state index in [1.165, 1.54) is 17.5 Å². The molecule has 1 aliphatic rings. The summed E-state index contributed by atoms with van der Waals surface area (Å²) in [5, 5.41) is 7.76. The highest BCUT2D eigenvalue weighted by atomic mass is 15.4. The summed E-state index contributed by atoms with van der Waals surface area (Å²) in [6.45, 7) is 0. The summed E-state index contributed by atoms with van der Waals surface area (Å²) >= 11 is 0. The van der Waals surface area contributed by atoms with Crippen LogP contribution in [0.25, 0.3) is 17.0 Å². The monoisotopic (exact) mass is 343 g/mol. The molecule has 7 nitrogen and oxygen atoms in total. The normalized spacial score (nSPS) is 16.4. The molecule has 26 heavy (non-hydrogen) atoms. The summed E-state index contributed by atoms with van der Waals surface area (Å²) in [6, 6.07) is 12.6. The summed E-state index contributed by atoms with van der Waals surface area (Å²) in [7, 11) is 0. The van der Waals surface area contributed by atoms with Gasteiger partial charge in [0.25, 0.3) is 5.95 Å². The maximum absolute atomic E-state index is 4.69. The molecule has 0 saturated carbocycles. The first kappa shape index (κ1) is 14.9. The van der Waals surface area contributed by atoms with Crippen LogP contribution in [-0.2, 0) is 6.42 Å². The van der Waals surface area contributed by atoms with E-state index in [2.05, 4.69) is 54.6 Å². The lowest BCUT2D eigenvalue weighted by atomic mass is 9.88. The molecule has 5 rings (SSSR count). The highest BCUT2D eigenvalue weighted by Crippen LogP contribution is 2.33. The van der Waals surface area contributed by atoms with Gasteiger partial charge in [0, 0.05) is 6.20 Å². The van der Waals surface area contributed by atoms with Crippen LogP contribution in [0.1, 0.15) is 30.0 Å². The van der Waals surface area contributed by atoms with E-state index in [4.69, 9.17) is 0 Å². The highest BCUT2D eigenvalue weighted by molar-refractivity contribution is 5.85. The van der Waals surface area contributed by atoms with Gasteiger partial charge >= 0.3 is 0 Å². The summed E-state index contributed by atoms with van der Waals surface area (Å²) in [6.07, 6.45) is 8.18. The van der Waals surface area contributed by atoms with Crippen LogP contribution in [0.3, 0.4) is 0 Å². The van der Waals surface area contributed by atoms with E-state index in [1.807, 2.05) is 12.1 Å². The molecule has 0 aliphatic heterocycles. The molecule has 1 aliphatic carbocycles. The van der Waals surface area contributed by atoms with Gasteiger partial charge in [0.2, 0.25) is 0 Å². The average Bonchev–Trinajstić information content (AvgIpc) is 3.23. The maximum Gasteiger partial charge on any atom is 0.254 e. The molecule has 4 aromatic rings. The minimum absolute atomic E-state index is 0.212. The molecule has 0 bridgehead atoms. The quantitative estimate of drug-likeness (QED) is 0.615. The van der Waals surface area contributed by atoms with Crippen molar-refractivity contribution in [1.82, 2.24) is 29.7 Å². The molecule has 0 radical (unpaired) electrons. The van der Waals surface area contributed by atoms with Gasteiger partial charge in [0.15, 0.2) is 5.82 Å². The fourth-order valence-electron chi connectivity index (χ4n) is 3.54. The average molecular weight is 343 g/mol. The third kappa shape index (κ3) is 2.57. The predicted octanol–water partition coefficient (Wildman–Crippen LogP) is 3.10. The van der Waals surface area contributed by atoms with Crippen molar-refractivity contribution in [3.8, 4) is 5.95 Å². The first-order chi connectivity index (χ1) is 12.9. The van der Waals surface area contributed by atoms with Gasteiger partial charge in [0.05, 0.1) is 11.6 Å². The van der Waals surface area contributed by atoms with Crippen molar-refractivity contribution in [3.05, 3.63) is 66.4 Å². The van der Waals surface area contributed by atoms with E-state index in [0.29, 0.717) is 5.95 Å². The second-order valence-electron chi connectivity index (χ2n) is 6.37. The van der Waals surface area contributed by atoms with Gasteiger partial charge in [-0.3, -0.25) is 4.98 Å². The molecule has 1 N–H and O–H groups in total. The first-order valence-corrected chi connectivity index (χ1v) is 8.70. The second kappa shape index (κ2) is 6.18.